The van der Waals surface area contributed by atoms with Crippen LogP contribution in [0.2, 0.25) is 0 Å². The maximum absolute atomic E-state index is 10.8. The van der Waals surface area contributed by atoms with Gasteiger partial charge in [-0.1, -0.05) is 32.0 Å². The Labute approximate surface area is 130 Å². The first-order valence-electron chi connectivity index (χ1n) is 7.94. The van der Waals surface area contributed by atoms with Gasteiger partial charge in [0.1, 0.15) is 5.82 Å². The molecule has 0 amide bonds. The zero-order valence-corrected chi connectivity index (χ0v) is 13.7. The number of aliphatic carboxylic acids is 1. The largest absolute Gasteiger partial charge is 0.481 e. The van der Waals surface area contributed by atoms with Crippen LogP contribution in [0.5, 0.6) is 0 Å². The summed E-state index contributed by atoms with van der Waals surface area (Å²) in [5.41, 5.74) is 0. The van der Waals surface area contributed by atoms with Crippen molar-refractivity contribution in [3.63, 3.8) is 0 Å². The zero-order chi connectivity index (χ0) is 15.2. The summed E-state index contributed by atoms with van der Waals surface area (Å²) in [5, 5.41) is 18.2. The normalized spacial score (nSPS) is 22.4. The molecule has 1 fully saturated rings. The van der Waals surface area contributed by atoms with Crippen molar-refractivity contribution in [2.75, 3.05) is 5.75 Å². The fourth-order valence-corrected chi connectivity index (χ4v) is 3.85. The average Bonchev–Trinajstić information content (AvgIpc) is 2.88. The summed E-state index contributed by atoms with van der Waals surface area (Å²) in [5.74, 6) is 1.11. The summed E-state index contributed by atoms with van der Waals surface area (Å²) in [4.78, 5) is 10.8. The van der Waals surface area contributed by atoms with Crippen molar-refractivity contribution in [2.24, 2.45) is 5.92 Å². The van der Waals surface area contributed by atoms with Gasteiger partial charge in [-0.25, -0.2) is 0 Å². The molecular formula is C15H25N3O2S. The Morgan fingerprint density at radius 3 is 2.57 bits per heavy atom. The van der Waals surface area contributed by atoms with Gasteiger partial charge >= 0.3 is 5.97 Å². The number of carbonyl (C=O) groups is 1. The van der Waals surface area contributed by atoms with Crippen molar-refractivity contribution in [1.82, 2.24) is 14.8 Å². The van der Waals surface area contributed by atoms with Gasteiger partial charge in [0.15, 0.2) is 5.16 Å². The molecule has 1 aromatic heterocycles. The lowest BCUT2D eigenvalue weighted by atomic mass is 9.84. The Kier molecular flexibility index (Phi) is 6.08. The molecule has 0 aromatic carbocycles. The van der Waals surface area contributed by atoms with Crippen LogP contribution in [0.15, 0.2) is 5.16 Å². The Balaban J connectivity index is 2.14. The van der Waals surface area contributed by atoms with Crippen molar-refractivity contribution in [2.45, 2.75) is 70.0 Å². The van der Waals surface area contributed by atoms with E-state index in [0.29, 0.717) is 6.04 Å². The lowest BCUT2D eigenvalue weighted by Crippen LogP contribution is -2.20. The van der Waals surface area contributed by atoms with Crippen LogP contribution in [0.25, 0.3) is 0 Å². The predicted octanol–water partition coefficient (Wildman–Crippen LogP) is 3.55. The molecule has 6 heteroatoms. The Morgan fingerprint density at radius 1 is 1.29 bits per heavy atom. The molecule has 2 rings (SSSR count). The molecule has 0 bridgehead atoms. The summed E-state index contributed by atoms with van der Waals surface area (Å²) >= 11 is 1.29. The van der Waals surface area contributed by atoms with Crippen LogP contribution in [-0.4, -0.2) is 31.6 Å². The number of hydrogen-bond donors (Lipinski definition) is 1. The molecule has 5 nitrogen and oxygen atoms in total. The maximum atomic E-state index is 10.8. The number of hydrogen-bond acceptors (Lipinski definition) is 4. The second-order valence-corrected chi connectivity index (χ2v) is 6.73. The van der Waals surface area contributed by atoms with Crippen LogP contribution in [0.4, 0.5) is 0 Å². The highest BCUT2D eigenvalue weighted by Gasteiger charge is 2.26. The molecule has 21 heavy (non-hydrogen) atoms. The van der Waals surface area contributed by atoms with Gasteiger partial charge in [-0.2, -0.15) is 0 Å². The Bertz CT molecular complexity index is 467. The molecule has 0 radical (unpaired) electrons. The third kappa shape index (κ3) is 4.22. The molecule has 0 spiro atoms. The van der Waals surface area contributed by atoms with E-state index in [1.165, 1.54) is 31.0 Å². The molecular weight excluding hydrogens is 286 g/mol. The molecule has 0 unspecified atom stereocenters. The first-order chi connectivity index (χ1) is 10.2. The number of carboxylic acid groups (broad SMARTS) is 1. The van der Waals surface area contributed by atoms with E-state index >= 15 is 0 Å². The Morgan fingerprint density at radius 2 is 2.00 bits per heavy atom. The lowest BCUT2D eigenvalue weighted by molar-refractivity contribution is -0.133. The molecule has 1 aliphatic carbocycles. The van der Waals surface area contributed by atoms with Gasteiger partial charge in [0.2, 0.25) is 0 Å². The molecule has 0 atom stereocenters. The van der Waals surface area contributed by atoms with E-state index < -0.39 is 5.97 Å². The molecule has 0 aliphatic heterocycles. The predicted molar refractivity (Wildman–Crippen MR) is 83.7 cm³/mol. The van der Waals surface area contributed by atoms with E-state index in [4.69, 9.17) is 5.11 Å². The minimum atomic E-state index is -0.804. The van der Waals surface area contributed by atoms with E-state index in [-0.39, 0.29) is 5.75 Å². The van der Waals surface area contributed by atoms with Crippen LogP contribution < -0.4 is 0 Å². The minimum Gasteiger partial charge on any atom is -0.481 e. The highest BCUT2D eigenvalue weighted by Crippen LogP contribution is 2.36. The highest BCUT2D eigenvalue weighted by atomic mass is 32.2. The van der Waals surface area contributed by atoms with Gasteiger partial charge < -0.3 is 9.67 Å². The second-order valence-electron chi connectivity index (χ2n) is 5.78. The number of carboxylic acids is 1. The van der Waals surface area contributed by atoms with Gasteiger partial charge in [0.25, 0.3) is 0 Å². The van der Waals surface area contributed by atoms with Crippen molar-refractivity contribution in [1.29, 1.82) is 0 Å². The Hall–Kier alpha value is -1.04. The van der Waals surface area contributed by atoms with Crippen molar-refractivity contribution >= 4 is 17.7 Å². The molecule has 1 saturated carbocycles. The van der Waals surface area contributed by atoms with Gasteiger partial charge in [0, 0.05) is 12.5 Å². The fourth-order valence-electron chi connectivity index (χ4n) is 3.10. The number of rotatable bonds is 7. The zero-order valence-electron chi connectivity index (χ0n) is 12.9. The van der Waals surface area contributed by atoms with Crippen molar-refractivity contribution in [3.05, 3.63) is 5.82 Å². The van der Waals surface area contributed by atoms with Crippen molar-refractivity contribution < 1.29 is 9.90 Å². The average molecular weight is 311 g/mol. The summed E-state index contributed by atoms with van der Waals surface area (Å²) < 4.78 is 2.23. The van der Waals surface area contributed by atoms with E-state index in [0.717, 1.165) is 42.6 Å². The summed E-state index contributed by atoms with van der Waals surface area (Å²) in [6.45, 7) is 4.40. The third-order valence-corrected chi connectivity index (χ3v) is 5.22. The first-order valence-corrected chi connectivity index (χ1v) is 8.92. The number of thioether (sulfide) groups is 1. The maximum Gasteiger partial charge on any atom is 0.313 e. The minimum absolute atomic E-state index is 0.0502. The fraction of sp³-hybridized carbons (Fsp3) is 0.800. The first kappa shape index (κ1) is 16.3. The van der Waals surface area contributed by atoms with E-state index in [1.54, 1.807) is 0 Å². The molecule has 1 N–H and O–H groups in total. The van der Waals surface area contributed by atoms with Gasteiger partial charge in [-0.15, -0.1) is 10.2 Å². The van der Waals surface area contributed by atoms with Gasteiger partial charge in [-0.3, -0.25) is 4.79 Å². The quantitative estimate of drug-likeness (QED) is 0.780. The lowest BCUT2D eigenvalue weighted by Gasteiger charge is -2.30. The summed E-state index contributed by atoms with van der Waals surface area (Å²) in [6, 6.07) is 0.445. The highest BCUT2D eigenvalue weighted by molar-refractivity contribution is 7.99. The van der Waals surface area contributed by atoms with Crippen LogP contribution >= 0.6 is 11.8 Å². The monoisotopic (exact) mass is 311 g/mol. The van der Waals surface area contributed by atoms with Gasteiger partial charge in [-0.05, 0) is 38.0 Å². The number of aromatic nitrogens is 3. The van der Waals surface area contributed by atoms with Crippen LogP contribution in [0, 0.1) is 5.92 Å². The van der Waals surface area contributed by atoms with Gasteiger partial charge in [0.05, 0.1) is 5.75 Å². The van der Waals surface area contributed by atoms with E-state index in [9.17, 15) is 4.79 Å². The van der Waals surface area contributed by atoms with E-state index in [2.05, 4.69) is 28.6 Å². The van der Waals surface area contributed by atoms with Crippen molar-refractivity contribution in [3.8, 4) is 0 Å². The molecule has 1 aliphatic rings. The summed E-state index contributed by atoms with van der Waals surface area (Å²) in [6.07, 6.45) is 8.04. The third-order valence-electron chi connectivity index (χ3n) is 4.29. The number of nitrogens with zero attached hydrogens (tertiary/aromatic N) is 3. The standard InChI is InChI=1S/C15H25N3O2S/c1-3-5-13-16-17-15(21-10-14(19)20)18(13)12-8-6-11(4-2)7-9-12/h11-12H,3-10H2,1-2H3,(H,19,20). The van der Waals surface area contributed by atoms with Crippen LogP contribution in [0.3, 0.4) is 0 Å². The molecule has 0 saturated heterocycles. The molecule has 1 aromatic rings. The number of aryl methyl sites for hydroxylation is 1. The summed E-state index contributed by atoms with van der Waals surface area (Å²) in [7, 11) is 0. The molecule has 1 heterocycles. The SMILES string of the molecule is CCCc1nnc(SCC(=O)O)n1C1CCC(CC)CC1. The van der Waals surface area contributed by atoms with Crippen LogP contribution in [-0.2, 0) is 11.2 Å². The molecule has 118 valence electrons. The second kappa shape index (κ2) is 7.82. The van der Waals surface area contributed by atoms with Crippen LogP contribution in [0.1, 0.15) is 64.2 Å². The topological polar surface area (TPSA) is 68.0 Å². The van der Waals surface area contributed by atoms with E-state index in [1.807, 2.05) is 0 Å². The smallest absolute Gasteiger partial charge is 0.313 e.